The molecule has 0 amide bonds. The maximum Gasteiger partial charge on any atom is 0.475 e. The summed E-state index contributed by atoms with van der Waals surface area (Å²) < 4.78 is 62.6. The van der Waals surface area contributed by atoms with Crippen LogP contribution in [0.4, 0.5) is 0 Å². The average Bonchev–Trinajstić information content (AvgIpc) is 3.20. The molecule has 1 saturated heterocycles. The van der Waals surface area contributed by atoms with Gasteiger partial charge in [0.2, 0.25) is 0 Å². The summed E-state index contributed by atoms with van der Waals surface area (Å²) >= 11 is 0. The van der Waals surface area contributed by atoms with E-state index >= 15 is 0 Å². The number of hydrogen-bond donors (Lipinski definition) is 1. The highest BCUT2D eigenvalue weighted by molar-refractivity contribution is 7.48. The molecule has 11 nitrogen and oxygen atoms in total. The van der Waals surface area contributed by atoms with Crippen LogP contribution in [-0.4, -0.2) is 89.7 Å². The minimum Gasteiger partial charge on any atom is -0.454 e. The number of rotatable bonds is 38. The van der Waals surface area contributed by atoms with Gasteiger partial charge in [0.1, 0.15) is 18.3 Å². The molecule has 0 aromatic carbocycles. The van der Waals surface area contributed by atoms with Gasteiger partial charge in [0.15, 0.2) is 20.7 Å². The quantitative estimate of drug-likeness (QED) is 0.0209. The lowest BCUT2D eigenvalue weighted by Gasteiger charge is -2.45. The number of methoxy groups -OCH3 is 1. The fourth-order valence-electron chi connectivity index (χ4n) is 6.76. The molecule has 0 saturated carbocycles. The number of hydrogen-bond acceptors (Lipinski definition) is 11. The Morgan fingerprint density at radius 3 is 1.87 bits per heavy atom. The molecule has 0 radical (unpaired) electrons. The van der Waals surface area contributed by atoms with Gasteiger partial charge in [0.05, 0.1) is 25.9 Å². The molecular weight excluding hydrogens is 800 g/mol. The third-order valence-corrected chi connectivity index (χ3v) is 17.5. The van der Waals surface area contributed by atoms with Gasteiger partial charge in [-0.05, 0) is 63.1 Å². The zero-order valence-electron chi connectivity index (χ0n) is 39.3. The molecule has 1 aliphatic heterocycles. The van der Waals surface area contributed by atoms with E-state index in [4.69, 9.17) is 36.9 Å². The summed E-state index contributed by atoms with van der Waals surface area (Å²) in [5, 5.41) is 11.4. The van der Waals surface area contributed by atoms with Gasteiger partial charge in [-0.2, -0.15) is 0 Å². The van der Waals surface area contributed by atoms with Crippen LogP contribution in [-0.2, 0) is 46.3 Å². The van der Waals surface area contributed by atoms with Gasteiger partial charge in [0.25, 0.3) is 0 Å². The number of phosphoric acid groups is 1. The minimum atomic E-state index is -4.30. The van der Waals surface area contributed by atoms with Crippen molar-refractivity contribution in [2.75, 3.05) is 33.5 Å². The molecule has 0 bridgehead atoms. The number of phosphoric ester groups is 1. The van der Waals surface area contributed by atoms with Crippen molar-refractivity contribution in [3.63, 3.8) is 0 Å². The van der Waals surface area contributed by atoms with E-state index in [1.54, 1.807) is 7.11 Å². The van der Waals surface area contributed by atoms with Crippen LogP contribution in [0, 0.1) is 0 Å². The molecule has 1 rings (SSSR count). The van der Waals surface area contributed by atoms with Crippen molar-refractivity contribution in [1.29, 1.82) is 0 Å². The minimum absolute atomic E-state index is 0.00402. The highest BCUT2D eigenvalue weighted by Gasteiger charge is 2.53. The van der Waals surface area contributed by atoms with Crippen molar-refractivity contribution in [1.82, 2.24) is 0 Å². The molecule has 0 aromatic rings. The molecule has 1 heterocycles. The van der Waals surface area contributed by atoms with Gasteiger partial charge in [-0.1, -0.05) is 142 Å². The number of carbonyl (C=O) groups excluding carboxylic acids is 1. The number of allylic oxidation sites excluding steroid dienone is 2. The molecule has 0 aromatic heterocycles. The number of carbonyl (C=O) groups is 1. The lowest BCUT2D eigenvalue weighted by molar-refractivity contribution is -0.295. The Bertz CT molecular complexity index is 1180. The van der Waals surface area contributed by atoms with Crippen LogP contribution in [0.5, 0.6) is 0 Å². The molecule has 352 valence electrons. The largest absolute Gasteiger partial charge is 0.475 e. The first kappa shape index (κ1) is 56.8. The predicted octanol–water partition coefficient (Wildman–Crippen LogP) is 12.7. The second kappa shape index (κ2) is 33.3. The Morgan fingerprint density at radius 1 is 0.783 bits per heavy atom. The van der Waals surface area contributed by atoms with Crippen LogP contribution in [0.15, 0.2) is 37.5 Å². The number of esters is 1. The maximum absolute atomic E-state index is 14.2. The van der Waals surface area contributed by atoms with Crippen molar-refractivity contribution in [2.24, 2.45) is 0 Å². The molecular formula is C47H89O11PSi. The van der Waals surface area contributed by atoms with Gasteiger partial charge >= 0.3 is 13.8 Å². The van der Waals surface area contributed by atoms with Crippen LogP contribution in [0.1, 0.15) is 169 Å². The summed E-state index contributed by atoms with van der Waals surface area (Å²) in [4.78, 5) is 13.4. The smallest absolute Gasteiger partial charge is 0.454 e. The van der Waals surface area contributed by atoms with E-state index in [0.717, 1.165) is 44.9 Å². The van der Waals surface area contributed by atoms with E-state index in [-0.39, 0.29) is 44.0 Å². The molecule has 60 heavy (non-hydrogen) atoms. The first-order valence-corrected chi connectivity index (χ1v) is 27.8. The van der Waals surface area contributed by atoms with Crippen molar-refractivity contribution in [2.45, 2.75) is 224 Å². The summed E-state index contributed by atoms with van der Waals surface area (Å²) in [5.74, 6) is -0.483. The maximum atomic E-state index is 14.2. The Balaban J connectivity index is 3.12. The highest BCUT2D eigenvalue weighted by atomic mass is 31.2. The lowest BCUT2D eigenvalue weighted by atomic mass is 9.98. The summed E-state index contributed by atoms with van der Waals surface area (Å²) in [6.45, 7) is 22.3. The van der Waals surface area contributed by atoms with Crippen LogP contribution < -0.4 is 0 Å². The Hall–Kier alpha value is -1.18. The van der Waals surface area contributed by atoms with Gasteiger partial charge in [-0.15, -0.1) is 13.2 Å². The second-order valence-electron chi connectivity index (χ2n) is 17.8. The second-order valence-corrected chi connectivity index (χ2v) is 24.2. The zero-order chi connectivity index (χ0) is 44.7. The standard InChI is InChI=1S/C47H89O11PSi/c1-11-15-17-19-20-21-22-23-24-25-26-27-28-30-32-34-42(48)57-45-44(52-38-35-40(51-8)33-31-29-18-16-12-2)43(58-59(50,53-36-13-3)54-37-14-4)41(56-46(45)49)39-55-60(9,10)47(5,6)7/h13-14,21-22,40-41,43-46,49H,3-4,11-12,15-20,23-39H2,1-2,5-10H3/b22-21-/t40-,41+,43+,44-,45+,46-/m0/s1. The fourth-order valence-corrected chi connectivity index (χ4v) is 9.10. The van der Waals surface area contributed by atoms with E-state index in [1.165, 1.54) is 82.8 Å². The molecule has 0 spiro atoms. The van der Waals surface area contributed by atoms with E-state index in [1.807, 2.05) is 0 Å². The number of aliphatic hydroxyl groups is 1. The first-order chi connectivity index (χ1) is 28.7. The molecule has 1 N–H and O–H groups in total. The lowest BCUT2D eigenvalue weighted by Crippen LogP contribution is -2.62. The summed E-state index contributed by atoms with van der Waals surface area (Å²) in [6, 6.07) is 0. The molecule has 1 fully saturated rings. The molecule has 1 aliphatic rings. The zero-order valence-corrected chi connectivity index (χ0v) is 41.2. The third kappa shape index (κ3) is 24.6. The number of unbranched alkanes of at least 4 members (excludes halogenated alkanes) is 15. The van der Waals surface area contributed by atoms with Crippen molar-refractivity contribution >= 4 is 22.1 Å². The van der Waals surface area contributed by atoms with Gasteiger partial charge in [-0.3, -0.25) is 18.4 Å². The molecule has 0 aliphatic carbocycles. The number of ether oxygens (including phenoxy) is 4. The number of aliphatic hydroxyl groups excluding tert-OH is 1. The summed E-state index contributed by atoms with van der Waals surface area (Å²) in [5.41, 5.74) is 0. The van der Waals surface area contributed by atoms with E-state index in [2.05, 4.69) is 73.0 Å². The summed E-state index contributed by atoms with van der Waals surface area (Å²) in [7, 11) is -4.94. The Labute approximate surface area is 367 Å². The van der Waals surface area contributed by atoms with E-state index in [9.17, 15) is 14.5 Å². The molecule has 6 atom stereocenters. The van der Waals surface area contributed by atoms with Crippen LogP contribution in [0.2, 0.25) is 18.1 Å². The van der Waals surface area contributed by atoms with Crippen LogP contribution in [0.3, 0.4) is 0 Å². The van der Waals surface area contributed by atoms with Crippen LogP contribution >= 0.6 is 7.82 Å². The van der Waals surface area contributed by atoms with Gasteiger partial charge < -0.3 is 28.5 Å². The fraction of sp³-hybridized carbons (Fsp3) is 0.851. The normalized spacial score (nSPS) is 20.7. The van der Waals surface area contributed by atoms with Crippen LogP contribution in [0.25, 0.3) is 0 Å². The van der Waals surface area contributed by atoms with Gasteiger partial charge in [-0.25, -0.2) is 4.57 Å². The van der Waals surface area contributed by atoms with Crippen molar-refractivity contribution in [3.8, 4) is 0 Å². The average molecular weight is 889 g/mol. The molecule has 13 heteroatoms. The Kier molecular flexibility index (Phi) is 31.6. The molecule has 0 unspecified atom stereocenters. The van der Waals surface area contributed by atoms with Gasteiger partial charge in [0, 0.05) is 20.1 Å². The summed E-state index contributed by atoms with van der Waals surface area (Å²) in [6.07, 6.45) is 23.6. The predicted molar refractivity (Wildman–Crippen MR) is 247 cm³/mol. The topological polar surface area (TPSA) is 128 Å². The third-order valence-electron chi connectivity index (χ3n) is 11.6. The highest BCUT2D eigenvalue weighted by Crippen LogP contribution is 2.53. The van der Waals surface area contributed by atoms with Crippen molar-refractivity contribution in [3.05, 3.63) is 37.5 Å². The van der Waals surface area contributed by atoms with E-state index in [0.29, 0.717) is 12.8 Å². The SMILES string of the molecule is C=CCOP(=O)(OCC=C)O[C@H]1[C@H](OCC[C@H](CCCCCCC)OC)[C@@H](OC(=O)CCCCCCCCC/C=C\CCCCCC)[C@@H](O)O[C@@H]1CO[Si](C)(C)C(C)(C)C. The van der Waals surface area contributed by atoms with E-state index < -0.39 is 52.8 Å². The first-order valence-electron chi connectivity index (χ1n) is 23.4. The monoisotopic (exact) mass is 889 g/mol. The van der Waals surface area contributed by atoms with Crippen molar-refractivity contribution < 1.29 is 51.4 Å². The Morgan fingerprint density at radius 2 is 1.32 bits per heavy atom.